The molecule has 8 nitrogen and oxygen atoms in total. The predicted octanol–water partition coefficient (Wildman–Crippen LogP) is 6.33. The smallest absolute Gasteiger partial charge is 0.454 e. The number of nitrogens with zero attached hydrogens (tertiary/aromatic N) is 5. The van der Waals surface area contributed by atoms with Crippen molar-refractivity contribution in [2.24, 2.45) is 0 Å². The summed E-state index contributed by atoms with van der Waals surface area (Å²) < 4.78 is 124. The molecular weight excluding hydrogens is 623 g/mol. The van der Waals surface area contributed by atoms with Crippen molar-refractivity contribution in [3.8, 4) is 0 Å². The molecule has 0 aliphatic carbocycles. The zero-order valence-electron chi connectivity index (χ0n) is 23.2. The van der Waals surface area contributed by atoms with E-state index in [0.717, 1.165) is 18.2 Å². The van der Waals surface area contributed by atoms with E-state index in [1.807, 2.05) is 0 Å². The SMILES string of the molecule is O=C(O[C@@H]1CCCN(c2nc3c(c(Nc4ccc(C(F)(F)F)cc4)n2)CCN(c2ncccc2C(F)(F)F)CC3)C1)C(F)(F)F. The van der Waals surface area contributed by atoms with Gasteiger partial charge in [-0.05, 0) is 55.7 Å². The van der Waals surface area contributed by atoms with E-state index in [2.05, 4.69) is 25.0 Å². The molecule has 2 aliphatic rings. The average molecular weight is 649 g/mol. The molecule has 242 valence electrons. The molecule has 5 rings (SSSR count). The first-order chi connectivity index (χ1) is 21.1. The molecule has 0 unspecified atom stereocenters. The van der Waals surface area contributed by atoms with Crippen LogP contribution in [0.5, 0.6) is 0 Å². The summed E-state index contributed by atoms with van der Waals surface area (Å²) in [7, 11) is 0. The van der Waals surface area contributed by atoms with E-state index in [9.17, 15) is 44.3 Å². The lowest BCUT2D eigenvalue weighted by Crippen LogP contribution is -2.43. The quantitative estimate of drug-likeness (QED) is 0.254. The summed E-state index contributed by atoms with van der Waals surface area (Å²) in [5, 5.41) is 2.98. The van der Waals surface area contributed by atoms with Crippen molar-refractivity contribution < 1.29 is 49.0 Å². The number of aromatic nitrogens is 3. The van der Waals surface area contributed by atoms with Crippen molar-refractivity contribution in [1.29, 1.82) is 0 Å². The van der Waals surface area contributed by atoms with Crippen LogP contribution in [0.2, 0.25) is 0 Å². The van der Waals surface area contributed by atoms with Gasteiger partial charge in [-0.3, -0.25) is 0 Å². The highest BCUT2D eigenvalue weighted by Gasteiger charge is 2.43. The van der Waals surface area contributed by atoms with Gasteiger partial charge in [0.1, 0.15) is 17.7 Å². The molecule has 45 heavy (non-hydrogen) atoms. The summed E-state index contributed by atoms with van der Waals surface area (Å²) in [6.07, 6.45) is -13.5. The Balaban J connectivity index is 1.47. The van der Waals surface area contributed by atoms with E-state index in [1.165, 1.54) is 34.2 Å². The van der Waals surface area contributed by atoms with E-state index in [0.29, 0.717) is 24.2 Å². The highest BCUT2D eigenvalue weighted by atomic mass is 19.4. The van der Waals surface area contributed by atoms with E-state index < -0.39 is 41.7 Å². The number of esters is 1. The van der Waals surface area contributed by atoms with Crippen LogP contribution in [0.15, 0.2) is 42.6 Å². The molecule has 0 bridgehead atoms. The highest BCUT2D eigenvalue weighted by Crippen LogP contribution is 2.37. The van der Waals surface area contributed by atoms with Crippen molar-refractivity contribution in [2.75, 3.05) is 41.3 Å². The standard InChI is InChI=1S/C28H25F9N6O2/c29-26(30,31)16-5-7-17(8-6-16)39-22-19-9-13-42(23-20(27(32,33)34)4-1-11-38-23)14-10-21(19)40-25(41-22)43-12-2-3-18(15-43)45-24(44)28(35,36)37/h1,4-8,11,18H,2-3,9-10,12-15H2,(H,39,40,41)/t18-/m1/s1. The van der Waals surface area contributed by atoms with Gasteiger partial charge in [0.05, 0.1) is 23.4 Å². The molecule has 0 saturated carbocycles. The number of benzene rings is 1. The number of halogens is 9. The number of carbonyl (C=O) groups is 1. The maximum Gasteiger partial charge on any atom is 0.490 e. The molecule has 2 aromatic heterocycles. The zero-order chi connectivity index (χ0) is 32.6. The van der Waals surface area contributed by atoms with Crippen LogP contribution >= 0.6 is 0 Å². The maximum absolute atomic E-state index is 13.7. The minimum Gasteiger partial charge on any atom is -0.454 e. The van der Waals surface area contributed by atoms with Crippen LogP contribution in [0.1, 0.15) is 35.2 Å². The van der Waals surface area contributed by atoms with Crippen molar-refractivity contribution >= 4 is 29.2 Å². The van der Waals surface area contributed by atoms with E-state index in [-0.39, 0.29) is 62.2 Å². The Hall–Kier alpha value is -4.31. The van der Waals surface area contributed by atoms with Crippen LogP contribution in [0.3, 0.4) is 0 Å². The van der Waals surface area contributed by atoms with Crippen molar-refractivity contribution in [3.05, 3.63) is 65.0 Å². The molecule has 2 aliphatic heterocycles. The van der Waals surface area contributed by atoms with Crippen molar-refractivity contribution in [2.45, 2.75) is 50.3 Å². The molecule has 1 aromatic carbocycles. The van der Waals surface area contributed by atoms with Gasteiger partial charge in [0, 0.05) is 43.5 Å². The molecule has 4 heterocycles. The molecule has 17 heteroatoms. The Morgan fingerprint density at radius 2 is 1.58 bits per heavy atom. The fourth-order valence-electron chi connectivity index (χ4n) is 5.23. The average Bonchev–Trinajstić information content (AvgIpc) is 3.19. The fourth-order valence-corrected chi connectivity index (χ4v) is 5.23. The lowest BCUT2D eigenvalue weighted by atomic mass is 10.1. The summed E-state index contributed by atoms with van der Waals surface area (Å²) in [6, 6.07) is 6.23. The van der Waals surface area contributed by atoms with Gasteiger partial charge >= 0.3 is 24.5 Å². The molecule has 1 fully saturated rings. The van der Waals surface area contributed by atoms with Crippen molar-refractivity contribution in [1.82, 2.24) is 15.0 Å². The number of fused-ring (bicyclic) bond motifs is 1. The lowest BCUT2D eigenvalue weighted by molar-refractivity contribution is -0.205. The zero-order valence-corrected chi connectivity index (χ0v) is 23.2. The molecule has 0 spiro atoms. The molecule has 0 radical (unpaired) electrons. The van der Waals surface area contributed by atoms with E-state index >= 15 is 0 Å². The fraction of sp³-hybridized carbons (Fsp3) is 0.429. The second-order valence-electron chi connectivity index (χ2n) is 10.5. The second kappa shape index (κ2) is 12.2. The third-order valence-electron chi connectivity index (χ3n) is 7.36. The van der Waals surface area contributed by atoms with Crippen LogP contribution in [-0.2, 0) is 34.7 Å². The number of rotatable bonds is 5. The van der Waals surface area contributed by atoms with Crippen LogP contribution in [0.25, 0.3) is 0 Å². The minimum absolute atomic E-state index is 0.0539. The highest BCUT2D eigenvalue weighted by molar-refractivity contribution is 5.75. The van der Waals surface area contributed by atoms with Crippen LogP contribution < -0.4 is 15.1 Å². The molecule has 1 N–H and O–H groups in total. The Labute approximate surface area is 250 Å². The molecule has 1 saturated heterocycles. The van der Waals surface area contributed by atoms with Gasteiger partial charge in [-0.25, -0.2) is 14.8 Å². The van der Waals surface area contributed by atoms with E-state index in [4.69, 9.17) is 0 Å². The van der Waals surface area contributed by atoms with Crippen LogP contribution in [0, 0.1) is 0 Å². The number of alkyl halides is 9. The molecular formula is C28H25F9N6O2. The topological polar surface area (TPSA) is 83.5 Å². The lowest BCUT2D eigenvalue weighted by Gasteiger charge is -2.33. The normalized spacial score (nSPS) is 17.8. The number of pyridine rings is 1. The van der Waals surface area contributed by atoms with Gasteiger partial charge in [0.2, 0.25) is 5.95 Å². The maximum atomic E-state index is 13.7. The monoisotopic (exact) mass is 648 g/mol. The van der Waals surface area contributed by atoms with Crippen molar-refractivity contribution in [3.63, 3.8) is 0 Å². The molecule has 1 atom stereocenters. The summed E-state index contributed by atoms with van der Waals surface area (Å²) in [4.78, 5) is 27.5. The van der Waals surface area contributed by atoms with Gasteiger partial charge in [0.15, 0.2) is 0 Å². The van der Waals surface area contributed by atoms with Gasteiger partial charge in [0.25, 0.3) is 0 Å². The Morgan fingerprint density at radius 3 is 2.24 bits per heavy atom. The van der Waals surface area contributed by atoms with Crippen LogP contribution in [-0.4, -0.2) is 59.4 Å². The minimum atomic E-state index is -5.17. The first kappa shape index (κ1) is 32.1. The summed E-state index contributed by atoms with van der Waals surface area (Å²) in [5.74, 6) is -2.37. The Kier molecular flexibility index (Phi) is 8.72. The summed E-state index contributed by atoms with van der Waals surface area (Å²) in [6.45, 7) is 0.300. The Bertz CT molecular complexity index is 1530. The number of carbonyl (C=O) groups excluding carboxylic acids is 1. The van der Waals surface area contributed by atoms with E-state index in [1.54, 1.807) is 0 Å². The number of piperidine rings is 1. The van der Waals surface area contributed by atoms with Gasteiger partial charge in [-0.15, -0.1) is 0 Å². The number of anilines is 4. The van der Waals surface area contributed by atoms with Gasteiger partial charge < -0.3 is 19.9 Å². The summed E-state index contributed by atoms with van der Waals surface area (Å²) >= 11 is 0. The third-order valence-corrected chi connectivity index (χ3v) is 7.36. The number of ether oxygens (including phenoxy) is 1. The van der Waals surface area contributed by atoms with Gasteiger partial charge in [-0.1, -0.05) is 0 Å². The summed E-state index contributed by atoms with van der Waals surface area (Å²) in [5.41, 5.74) is -0.637. The predicted molar refractivity (Wildman–Crippen MR) is 143 cm³/mol. The molecule has 3 aromatic rings. The first-order valence-electron chi connectivity index (χ1n) is 13.7. The Morgan fingerprint density at radius 1 is 0.867 bits per heavy atom. The largest absolute Gasteiger partial charge is 0.490 e. The number of hydrogen-bond acceptors (Lipinski definition) is 8. The van der Waals surface area contributed by atoms with Crippen LogP contribution in [0.4, 0.5) is 62.8 Å². The van der Waals surface area contributed by atoms with Gasteiger partial charge in [-0.2, -0.15) is 44.5 Å². The number of nitrogens with one attached hydrogen (secondary N) is 1. The molecule has 0 amide bonds. The third kappa shape index (κ3) is 7.50. The number of hydrogen-bond donors (Lipinski definition) is 1. The first-order valence-corrected chi connectivity index (χ1v) is 13.7. The second-order valence-corrected chi connectivity index (χ2v) is 10.5.